The number of rotatable bonds is 9. The first-order valence-electron chi connectivity index (χ1n) is 11.1. The highest BCUT2D eigenvalue weighted by atomic mass is 16.6. The molecular weight excluding hydrogens is 436 g/mol. The van der Waals surface area contributed by atoms with Crippen LogP contribution >= 0.6 is 0 Å². The Labute approximate surface area is 197 Å². The van der Waals surface area contributed by atoms with Crippen LogP contribution in [0.1, 0.15) is 33.7 Å². The minimum Gasteiger partial charge on any atom is -0.482 e. The van der Waals surface area contributed by atoms with Crippen molar-refractivity contribution in [3.8, 4) is 5.75 Å². The predicted octanol–water partition coefficient (Wildman–Crippen LogP) is 3.28. The molecule has 34 heavy (non-hydrogen) atoms. The molecule has 0 fully saturated rings. The molecule has 0 unspecified atom stereocenters. The molecule has 0 aliphatic heterocycles. The number of amides is 2. The Morgan fingerprint density at radius 3 is 2.65 bits per heavy atom. The fourth-order valence-electron chi connectivity index (χ4n) is 3.83. The zero-order valence-corrected chi connectivity index (χ0v) is 18.9. The van der Waals surface area contributed by atoms with E-state index in [2.05, 4.69) is 5.32 Å². The highest BCUT2D eigenvalue weighted by Gasteiger charge is 2.20. The molecule has 0 saturated heterocycles. The van der Waals surface area contributed by atoms with Gasteiger partial charge in [-0.25, -0.2) is 4.79 Å². The number of fused-ring (bicyclic) bond motifs is 1. The van der Waals surface area contributed by atoms with Crippen LogP contribution in [-0.4, -0.2) is 38.0 Å². The Kier molecular flexibility index (Phi) is 7.27. The Morgan fingerprint density at radius 1 is 1.00 bits per heavy atom. The first-order chi connectivity index (χ1) is 16.5. The van der Waals surface area contributed by atoms with Gasteiger partial charge < -0.3 is 24.1 Å². The molecule has 0 atom stereocenters. The molecule has 0 spiro atoms. The first-order valence-corrected chi connectivity index (χ1v) is 11.1. The van der Waals surface area contributed by atoms with Gasteiger partial charge >= 0.3 is 5.97 Å². The average Bonchev–Trinajstić information content (AvgIpc) is 3.55. The molecule has 1 heterocycles. The van der Waals surface area contributed by atoms with Crippen molar-refractivity contribution >= 4 is 23.5 Å². The van der Waals surface area contributed by atoms with Crippen LogP contribution in [0.5, 0.6) is 5.75 Å². The van der Waals surface area contributed by atoms with Crippen molar-refractivity contribution in [3.05, 3.63) is 83.3 Å². The highest BCUT2D eigenvalue weighted by Crippen LogP contribution is 2.26. The number of ether oxygens (including phenoxy) is 2. The monoisotopic (exact) mass is 462 g/mol. The number of furan rings is 1. The van der Waals surface area contributed by atoms with Gasteiger partial charge in [-0.2, -0.15) is 0 Å². The molecule has 1 N–H and O–H groups in total. The SMILES string of the molecule is CN(C(=O)COC(=O)COc1ccc2c(c1)CCC2)c1ccccc1C(=O)NCc1ccco1. The standard InChI is InChI=1S/C26H26N2O6/c1-28(23-10-3-2-9-22(23)26(31)27-15-21-8-5-13-32-21)24(29)16-34-25(30)17-33-20-12-11-18-6-4-7-19(18)14-20/h2-3,5,8-14H,4,6-7,15-17H2,1H3,(H,27,31). The number of para-hydroxylation sites is 1. The Balaban J connectivity index is 1.28. The van der Waals surface area contributed by atoms with Gasteiger partial charge in [0.1, 0.15) is 11.5 Å². The van der Waals surface area contributed by atoms with Crippen LogP contribution in [0.2, 0.25) is 0 Å². The summed E-state index contributed by atoms with van der Waals surface area (Å²) in [6.07, 6.45) is 4.74. The fourth-order valence-corrected chi connectivity index (χ4v) is 3.83. The van der Waals surface area contributed by atoms with Crippen molar-refractivity contribution in [1.29, 1.82) is 0 Å². The van der Waals surface area contributed by atoms with Crippen molar-refractivity contribution in [2.75, 3.05) is 25.2 Å². The maximum atomic E-state index is 12.7. The van der Waals surface area contributed by atoms with E-state index in [1.807, 2.05) is 18.2 Å². The number of hydrogen-bond donors (Lipinski definition) is 1. The second kappa shape index (κ2) is 10.7. The van der Waals surface area contributed by atoms with Gasteiger partial charge in [-0.3, -0.25) is 9.59 Å². The van der Waals surface area contributed by atoms with Crippen molar-refractivity contribution in [2.24, 2.45) is 0 Å². The summed E-state index contributed by atoms with van der Waals surface area (Å²) in [6.45, 7) is -0.535. The highest BCUT2D eigenvalue weighted by molar-refractivity contribution is 6.05. The lowest BCUT2D eigenvalue weighted by Gasteiger charge is -2.20. The van der Waals surface area contributed by atoms with Crippen molar-refractivity contribution in [3.63, 3.8) is 0 Å². The number of carbonyl (C=O) groups is 3. The number of nitrogens with zero attached hydrogens (tertiary/aromatic N) is 1. The van der Waals surface area contributed by atoms with Crippen molar-refractivity contribution in [2.45, 2.75) is 25.8 Å². The Bertz CT molecular complexity index is 1170. The first kappa shape index (κ1) is 23.1. The van der Waals surface area contributed by atoms with Crippen LogP contribution < -0.4 is 15.0 Å². The van der Waals surface area contributed by atoms with E-state index in [0.717, 1.165) is 19.3 Å². The van der Waals surface area contributed by atoms with Crippen molar-refractivity contribution in [1.82, 2.24) is 5.32 Å². The zero-order chi connectivity index (χ0) is 23.9. The quantitative estimate of drug-likeness (QED) is 0.490. The molecular formula is C26H26N2O6. The second-order valence-corrected chi connectivity index (χ2v) is 7.97. The molecule has 8 nitrogen and oxygen atoms in total. The molecule has 4 rings (SSSR count). The normalized spacial score (nSPS) is 12.0. The molecule has 3 aromatic rings. The summed E-state index contributed by atoms with van der Waals surface area (Å²) in [5, 5.41) is 2.76. The van der Waals surface area contributed by atoms with Crippen LogP contribution in [-0.2, 0) is 33.7 Å². The lowest BCUT2D eigenvalue weighted by Crippen LogP contribution is -2.34. The number of hydrogen-bond acceptors (Lipinski definition) is 6. The topological polar surface area (TPSA) is 98.1 Å². The summed E-state index contributed by atoms with van der Waals surface area (Å²) in [5.41, 5.74) is 3.28. The maximum absolute atomic E-state index is 12.7. The largest absolute Gasteiger partial charge is 0.482 e. The van der Waals surface area contributed by atoms with E-state index < -0.39 is 18.5 Å². The third-order valence-electron chi connectivity index (χ3n) is 5.67. The summed E-state index contributed by atoms with van der Waals surface area (Å²) < 4.78 is 15.8. The van der Waals surface area contributed by atoms with E-state index in [1.54, 1.807) is 36.4 Å². The van der Waals surface area contributed by atoms with Crippen molar-refractivity contribution < 1.29 is 28.3 Å². The molecule has 1 aliphatic carbocycles. The lowest BCUT2D eigenvalue weighted by atomic mass is 10.1. The number of esters is 1. The lowest BCUT2D eigenvalue weighted by molar-refractivity contribution is -0.149. The van der Waals surface area contributed by atoms with E-state index in [-0.39, 0.29) is 19.1 Å². The van der Waals surface area contributed by atoms with Gasteiger partial charge in [-0.1, -0.05) is 18.2 Å². The van der Waals surface area contributed by atoms with Gasteiger partial charge in [0.25, 0.3) is 11.8 Å². The van der Waals surface area contributed by atoms with Crippen LogP contribution in [0.4, 0.5) is 5.69 Å². The zero-order valence-electron chi connectivity index (χ0n) is 18.9. The van der Waals surface area contributed by atoms with E-state index >= 15 is 0 Å². The summed E-state index contributed by atoms with van der Waals surface area (Å²) in [7, 11) is 1.52. The number of likely N-dealkylation sites (N-methyl/N-ethyl adjacent to an activating group) is 1. The number of benzene rings is 2. The molecule has 1 aliphatic rings. The van der Waals surface area contributed by atoms with E-state index in [9.17, 15) is 14.4 Å². The van der Waals surface area contributed by atoms with Gasteiger partial charge in [0, 0.05) is 7.05 Å². The fraction of sp³-hybridized carbons (Fsp3) is 0.269. The van der Waals surface area contributed by atoms with Gasteiger partial charge in [0.2, 0.25) is 0 Å². The molecule has 1 aromatic heterocycles. The molecule has 0 saturated carbocycles. The summed E-state index contributed by atoms with van der Waals surface area (Å²) in [4.78, 5) is 38.7. The summed E-state index contributed by atoms with van der Waals surface area (Å²) in [5.74, 6) is -0.255. The number of aryl methyl sites for hydroxylation is 2. The minimum absolute atomic E-state index is 0.222. The molecule has 0 radical (unpaired) electrons. The van der Waals surface area contributed by atoms with Crippen LogP contribution in [0.25, 0.3) is 0 Å². The van der Waals surface area contributed by atoms with Crippen LogP contribution in [0.15, 0.2) is 65.3 Å². The van der Waals surface area contributed by atoms with Gasteiger partial charge in [-0.15, -0.1) is 0 Å². The third-order valence-corrected chi connectivity index (χ3v) is 5.67. The van der Waals surface area contributed by atoms with E-state index in [1.165, 1.54) is 29.3 Å². The predicted molar refractivity (Wildman–Crippen MR) is 125 cm³/mol. The molecule has 176 valence electrons. The van der Waals surface area contributed by atoms with E-state index in [0.29, 0.717) is 22.8 Å². The van der Waals surface area contributed by atoms with Crippen LogP contribution in [0, 0.1) is 0 Å². The number of nitrogens with one attached hydrogen (secondary N) is 1. The number of carbonyl (C=O) groups excluding carboxylic acids is 3. The second-order valence-electron chi connectivity index (χ2n) is 7.97. The molecule has 2 aromatic carbocycles. The molecule has 8 heteroatoms. The third kappa shape index (κ3) is 5.64. The minimum atomic E-state index is -0.647. The smallest absolute Gasteiger partial charge is 0.344 e. The number of anilines is 1. The van der Waals surface area contributed by atoms with Crippen LogP contribution in [0.3, 0.4) is 0 Å². The molecule has 2 amide bonds. The summed E-state index contributed by atoms with van der Waals surface area (Å²) >= 11 is 0. The van der Waals surface area contributed by atoms with Gasteiger partial charge in [0.15, 0.2) is 13.2 Å². The molecule has 0 bridgehead atoms. The maximum Gasteiger partial charge on any atom is 0.344 e. The average molecular weight is 463 g/mol. The Hall–Kier alpha value is -4.07. The van der Waals surface area contributed by atoms with E-state index in [4.69, 9.17) is 13.9 Å². The summed E-state index contributed by atoms with van der Waals surface area (Å²) in [6, 6.07) is 16.0. The van der Waals surface area contributed by atoms with Gasteiger partial charge in [-0.05, 0) is 66.8 Å². The van der Waals surface area contributed by atoms with Gasteiger partial charge in [0.05, 0.1) is 24.1 Å². The Morgan fingerprint density at radius 2 is 1.82 bits per heavy atom.